The smallest absolute Gasteiger partial charge is 0.328 e. The zero-order chi connectivity index (χ0) is 18.8. The third-order valence-electron chi connectivity index (χ3n) is 3.44. The molecular formula is C17H22N2O6. The van der Waals surface area contributed by atoms with E-state index >= 15 is 0 Å². The molecular weight excluding hydrogens is 328 g/mol. The molecule has 0 fully saturated rings. The summed E-state index contributed by atoms with van der Waals surface area (Å²) < 4.78 is 9.12. The number of hydrogen-bond donors (Lipinski definition) is 2. The van der Waals surface area contributed by atoms with Gasteiger partial charge in [0, 0.05) is 12.0 Å². The molecule has 0 aliphatic rings. The number of benzene rings is 1. The van der Waals surface area contributed by atoms with Crippen molar-refractivity contribution in [2.75, 3.05) is 14.2 Å². The summed E-state index contributed by atoms with van der Waals surface area (Å²) in [5, 5.41) is 5.01. The fraction of sp³-hybridized carbons (Fsp3) is 0.412. The molecule has 0 bridgehead atoms. The number of hydrogen-bond acceptors (Lipinski definition) is 6. The van der Waals surface area contributed by atoms with E-state index in [4.69, 9.17) is 0 Å². The van der Waals surface area contributed by atoms with Crippen LogP contribution in [0.4, 0.5) is 0 Å². The predicted molar refractivity (Wildman–Crippen MR) is 88.6 cm³/mol. The molecule has 0 aromatic heterocycles. The van der Waals surface area contributed by atoms with E-state index in [2.05, 4.69) is 20.1 Å². The average molecular weight is 350 g/mol. The highest BCUT2D eigenvalue weighted by molar-refractivity contribution is 5.98. The van der Waals surface area contributed by atoms with Crippen LogP contribution in [0.1, 0.15) is 30.1 Å². The minimum absolute atomic E-state index is 0.0322. The van der Waals surface area contributed by atoms with Crippen LogP contribution in [0.3, 0.4) is 0 Å². The zero-order valence-electron chi connectivity index (χ0n) is 14.4. The van der Waals surface area contributed by atoms with Crippen molar-refractivity contribution in [2.45, 2.75) is 31.8 Å². The van der Waals surface area contributed by atoms with Gasteiger partial charge in [-0.05, 0) is 25.5 Å². The van der Waals surface area contributed by atoms with Crippen molar-refractivity contribution in [3.63, 3.8) is 0 Å². The molecule has 2 atom stereocenters. The van der Waals surface area contributed by atoms with Crippen molar-refractivity contribution in [2.24, 2.45) is 0 Å². The minimum Gasteiger partial charge on any atom is -0.469 e. The van der Waals surface area contributed by atoms with E-state index < -0.39 is 35.8 Å². The van der Waals surface area contributed by atoms with E-state index in [1.54, 1.807) is 30.3 Å². The second kappa shape index (κ2) is 10.1. The van der Waals surface area contributed by atoms with Crippen molar-refractivity contribution in [1.82, 2.24) is 10.6 Å². The summed E-state index contributed by atoms with van der Waals surface area (Å²) in [6.45, 7) is 1.49. The summed E-state index contributed by atoms with van der Waals surface area (Å²) in [6.07, 6.45) is -0.0221. The van der Waals surface area contributed by atoms with Gasteiger partial charge in [0.2, 0.25) is 5.91 Å². The van der Waals surface area contributed by atoms with E-state index in [1.165, 1.54) is 21.1 Å². The minimum atomic E-state index is -1.01. The van der Waals surface area contributed by atoms with Gasteiger partial charge in [-0.25, -0.2) is 4.79 Å². The summed E-state index contributed by atoms with van der Waals surface area (Å²) in [5.41, 5.74) is 0.414. The lowest BCUT2D eigenvalue weighted by Gasteiger charge is -2.19. The molecule has 2 unspecified atom stereocenters. The highest BCUT2D eigenvalue weighted by atomic mass is 16.5. The quantitative estimate of drug-likeness (QED) is 0.657. The fourth-order valence-electron chi connectivity index (χ4n) is 1.99. The Kier molecular flexibility index (Phi) is 8.11. The second-order valence-corrected chi connectivity index (χ2v) is 5.26. The molecule has 1 aromatic rings. The Morgan fingerprint density at radius 1 is 1.00 bits per heavy atom. The Bertz CT molecular complexity index is 617. The van der Waals surface area contributed by atoms with Crippen molar-refractivity contribution in [3.05, 3.63) is 35.9 Å². The maximum Gasteiger partial charge on any atom is 0.328 e. The van der Waals surface area contributed by atoms with E-state index in [1.807, 2.05) is 0 Å². The number of rotatable bonds is 8. The first kappa shape index (κ1) is 20.1. The van der Waals surface area contributed by atoms with E-state index in [0.717, 1.165) is 0 Å². The van der Waals surface area contributed by atoms with Crippen LogP contribution in [0, 0.1) is 0 Å². The molecule has 0 spiro atoms. The molecule has 0 aliphatic carbocycles. The summed E-state index contributed by atoms with van der Waals surface area (Å²) in [5.74, 6) is -2.16. The first-order valence-corrected chi connectivity index (χ1v) is 7.70. The number of carbonyl (C=O) groups is 4. The molecule has 1 rings (SSSR count). The summed E-state index contributed by atoms with van der Waals surface area (Å²) in [6, 6.07) is 6.54. The first-order chi connectivity index (χ1) is 11.9. The lowest BCUT2D eigenvalue weighted by molar-refractivity contribution is -0.146. The van der Waals surface area contributed by atoms with Gasteiger partial charge in [0.1, 0.15) is 12.1 Å². The Morgan fingerprint density at radius 2 is 1.64 bits per heavy atom. The van der Waals surface area contributed by atoms with E-state index in [0.29, 0.717) is 5.56 Å². The first-order valence-electron chi connectivity index (χ1n) is 7.70. The maximum atomic E-state index is 12.2. The molecule has 1 aromatic carbocycles. The fourth-order valence-corrected chi connectivity index (χ4v) is 1.99. The maximum absolute atomic E-state index is 12.2. The van der Waals surface area contributed by atoms with E-state index in [9.17, 15) is 19.2 Å². The van der Waals surface area contributed by atoms with Crippen LogP contribution in [0.2, 0.25) is 0 Å². The normalized spacial score (nSPS) is 12.4. The molecule has 25 heavy (non-hydrogen) atoms. The number of methoxy groups -OCH3 is 2. The number of ether oxygens (including phenoxy) is 2. The molecule has 0 aliphatic heterocycles. The Morgan fingerprint density at radius 3 is 2.20 bits per heavy atom. The lowest BCUT2D eigenvalue weighted by Crippen LogP contribution is -2.50. The monoisotopic (exact) mass is 350 g/mol. The van der Waals surface area contributed by atoms with Gasteiger partial charge in [-0.15, -0.1) is 0 Å². The topological polar surface area (TPSA) is 111 Å². The Hall–Kier alpha value is -2.90. The Labute approximate surface area is 145 Å². The molecule has 0 saturated carbocycles. The van der Waals surface area contributed by atoms with Crippen LogP contribution in [0.5, 0.6) is 0 Å². The van der Waals surface area contributed by atoms with Crippen molar-refractivity contribution >= 4 is 23.8 Å². The van der Waals surface area contributed by atoms with Gasteiger partial charge < -0.3 is 20.1 Å². The van der Waals surface area contributed by atoms with Crippen LogP contribution in [-0.2, 0) is 23.9 Å². The molecule has 0 heterocycles. The molecule has 2 N–H and O–H groups in total. The largest absolute Gasteiger partial charge is 0.469 e. The second-order valence-electron chi connectivity index (χ2n) is 5.26. The highest BCUT2D eigenvalue weighted by Gasteiger charge is 2.25. The third-order valence-corrected chi connectivity index (χ3v) is 3.44. The van der Waals surface area contributed by atoms with Crippen LogP contribution in [0.25, 0.3) is 0 Å². The van der Waals surface area contributed by atoms with Crippen LogP contribution >= 0.6 is 0 Å². The predicted octanol–water partition coefficient (Wildman–Crippen LogP) is 0.416. The number of carbonyl (C=O) groups excluding carboxylic acids is 4. The lowest BCUT2D eigenvalue weighted by atomic mass is 10.1. The third kappa shape index (κ3) is 6.62. The molecule has 2 amide bonds. The molecule has 136 valence electrons. The molecule has 0 radical (unpaired) electrons. The standard InChI is InChI=1S/C17H22N2O6/c1-11(18-16(22)12-7-5-4-6-8-12)15(21)19-13(17(23)25-3)9-10-14(20)24-2/h4-8,11,13H,9-10H2,1-3H3,(H,18,22)(H,19,21). The Balaban J connectivity index is 2.63. The van der Waals surface area contributed by atoms with Gasteiger partial charge in [-0.3, -0.25) is 14.4 Å². The van der Waals surface area contributed by atoms with Crippen LogP contribution < -0.4 is 10.6 Å². The van der Waals surface area contributed by atoms with Crippen LogP contribution in [-0.4, -0.2) is 50.1 Å². The zero-order valence-corrected chi connectivity index (χ0v) is 14.4. The van der Waals surface area contributed by atoms with E-state index in [-0.39, 0.29) is 12.8 Å². The van der Waals surface area contributed by atoms with Crippen molar-refractivity contribution < 1.29 is 28.7 Å². The molecule has 8 heteroatoms. The molecule has 0 saturated heterocycles. The van der Waals surface area contributed by atoms with Gasteiger partial charge in [0.15, 0.2) is 0 Å². The number of nitrogens with one attached hydrogen (secondary N) is 2. The number of amides is 2. The SMILES string of the molecule is COC(=O)CCC(NC(=O)C(C)NC(=O)c1ccccc1)C(=O)OC. The summed E-state index contributed by atoms with van der Waals surface area (Å²) in [4.78, 5) is 47.2. The number of esters is 2. The van der Waals surface area contributed by atoms with Gasteiger partial charge in [-0.1, -0.05) is 18.2 Å². The van der Waals surface area contributed by atoms with Gasteiger partial charge in [0.05, 0.1) is 14.2 Å². The van der Waals surface area contributed by atoms with Gasteiger partial charge in [0.25, 0.3) is 5.91 Å². The van der Waals surface area contributed by atoms with Gasteiger partial charge >= 0.3 is 11.9 Å². The van der Waals surface area contributed by atoms with Gasteiger partial charge in [-0.2, -0.15) is 0 Å². The van der Waals surface area contributed by atoms with Crippen molar-refractivity contribution in [3.8, 4) is 0 Å². The highest BCUT2D eigenvalue weighted by Crippen LogP contribution is 2.03. The van der Waals surface area contributed by atoms with Crippen molar-refractivity contribution in [1.29, 1.82) is 0 Å². The summed E-state index contributed by atoms with van der Waals surface area (Å²) >= 11 is 0. The van der Waals surface area contributed by atoms with Crippen LogP contribution in [0.15, 0.2) is 30.3 Å². The average Bonchev–Trinajstić information content (AvgIpc) is 2.64. The summed E-state index contributed by atoms with van der Waals surface area (Å²) in [7, 11) is 2.41. The molecule has 8 nitrogen and oxygen atoms in total.